The lowest BCUT2D eigenvalue weighted by Crippen LogP contribution is -2.12. The van der Waals surface area contributed by atoms with Crippen LogP contribution in [-0.4, -0.2) is 26.1 Å². The summed E-state index contributed by atoms with van der Waals surface area (Å²) in [6, 6.07) is 10.9. The van der Waals surface area contributed by atoms with E-state index >= 15 is 0 Å². The van der Waals surface area contributed by atoms with Gasteiger partial charge in [0.1, 0.15) is 11.5 Å². The molecule has 0 aliphatic carbocycles. The second-order valence-electron chi connectivity index (χ2n) is 4.57. The molecule has 0 radical (unpaired) electrons. The maximum absolute atomic E-state index is 12.1. The van der Waals surface area contributed by atoms with Gasteiger partial charge in [0, 0.05) is 17.6 Å². The highest BCUT2D eigenvalue weighted by Crippen LogP contribution is 2.20. The topological polar surface area (TPSA) is 83.6 Å². The number of carbonyl (C=O) groups excluding carboxylic acids is 1. The van der Waals surface area contributed by atoms with Crippen LogP contribution >= 0.6 is 23.4 Å². The number of rotatable bonds is 5. The number of nitrogens with zero attached hydrogens (tertiary/aromatic N) is 3. The van der Waals surface area contributed by atoms with Crippen LogP contribution in [0, 0.1) is 0 Å². The van der Waals surface area contributed by atoms with Crippen molar-refractivity contribution in [2.75, 3.05) is 5.32 Å². The van der Waals surface area contributed by atoms with Crippen molar-refractivity contribution in [3.63, 3.8) is 0 Å². The van der Waals surface area contributed by atoms with Gasteiger partial charge in [0.25, 0.3) is 5.91 Å². The molecule has 1 amide bonds. The average molecular weight is 346 g/mol. The number of hydrogen-bond acceptors (Lipinski definition) is 5. The van der Waals surface area contributed by atoms with E-state index in [2.05, 4.69) is 25.5 Å². The highest BCUT2D eigenvalue weighted by molar-refractivity contribution is 7.98. The third-order valence-electron chi connectivity index (χ3n) is 2.98. The van der Waals surface area contributed by atoms with E-state index in [0.29, 0.717) is 11.3 Å². The van der Waals surface area contributed by atoms with Gasteiger partial charge in [0.05, 0.1) is 5.56 Å². The van der Waals surface area contributed by atoms with Crippen molar-refractivity contribution in [3.8, 4) is 0 Å². The largest absolute Gasteiger partial charge is 0.322 e. The summed E-state index contributed by atoms with van der Waals surface area (Å²) in [7, 11) is 0. The maximum Gasteiger partial charge on any atom is 0.258 e. The molecule has 0 saturated heterocycles. The summed E-state index contributed by atoms with van der Waals surface area (Å²) in [5.74, 6) is 0.476. The van der Waals surface area contributed by atoms with Crippen molar-refractivity contribution in [2.24, 2.45) is 0 Å². The normalized spacial score (nSPS) is 10.5. The summed E-state index contributed by atoms with van der Waals surface area (Å²) in [6.45, 7) is 0. The molecule has 0 fully saturated rings. The van der Waals surface area contributed by atoms with E-state index in [-0.39, 0.29) is 11.1 Å². The number of aromatic nitrogens is 4. The van der Waals surface area contributed by atoms with E-state index in [4.69, 9.17) is 11.6 Å². The maximum atomic E-state index is 12.1. The van der Waals surface area contributed by atoms with Gasteiger partial charge < -0.3 is 5.32 Å². The highest BCUT2D eigenvalue weighted by atomic mass is 35.5. The van der Waals surface area contributed by atoms with E-state index in [1.54, 1.807) is 30.1 Å². The third kappa shape index (κ3) is 4.08. The zero-order chi connectivity index (χ0) is 16.1. The number of nitrogens with one attached hydrogen (secondary N) is 2. The molecular weight excluding hydrogens is 334 g/mol. The van der Waals surface area contributed by atoms with Crippen LogP contribution in [0.3, 0.4) is 0 Å². The second kappa shape index (κ2) is 7.26. The van der Waals surface area contributed by atoms with Gasteiger partial charge >= 0.3 is 0 Å². The monoisotopic (exact) mass is 345 g/mol. The van der Waals surface area contributed by atoms with Crippen molar-refractivity contribution in [3.05, 3.63) is 65.2 Å². The Balaban J connectivity index is 1.61. The van der Waals surface area contributed by atoms with Crippen LogP contribution in [0.25, 0.3) is 0 Å². The lowest BCUT2D eigenvalue weighted by atomic mass is 10.2. The van der Waals surface area contributed by atoms with Crippen molar-refractivity contribution in [1.29, 1.82) is 0 Å². The summed E-state index contributed by atoms with van der Waals surface area (Å²) in [5, 5.41) is 10.3. The Morgan fingerprint density at radius 1 is 1.22 bits per heavy atom. The molecule has 0 aliphatic rings. The fraction of sp³-hybridized carbons (Fsp3) is 0.0667. The van der Waals surface area contributed by atoms with Gasteiger partial charge in [-0.15, -0.1) is 0 Å². The Labute approximate surface area is 141 Å². The number of anilines is 1. The predicted molar refractivity (Wildman–Crippen MR) is 89.6 cm³/mol. The fourth-order valence-corrected chi connectivity index (χ4v) is 2.79. The predicted octanol–water partition coefficient (Wildman–Crippen LogP) is 3.40. The first-order valence-electron chi connectivity index (χ1n) is 6.71. The van der Waals surface area contributed by atoms with Crippen molar-refractivity contribution < 1.29 is 4.79 Å². The molecule has 0 bridgehead atoms. The molecule has 6 nitrogen and oxygen atoms in total. The molecule has 2 N–H and O–H groups in total. The molecule has 1 aromatic carbocycles. The molecule has 23 heavy (non-hydrogen) atoms. The van der Waals surface area contributed by atoms with Gasteiger partial charge in [-0.25, -0.2) is 9.97 Å². The van der Waals surface area contributed by atoms with Crippen LogP contribution in [-0.2, 0) is 5.75 Å². The summed E-state index contributed by atoms with van der Waals surface area (Å²) >= 11 is 7.47. The number of halogens is 1. The third-order valence-corrected chi connectivity index (χ3v) is 4.23. The minimum atomic E-state index is -0.285. The fourth-order valence-electron chi connectivity index (χ4n) is 1.85. The molecule has 2 heterocycles. The Morgan fingerprint density at radius 2 is 2.04 bits per heavy atom. The summed E-state index contributed by atoms with van der Waals surface area (Å²) in [5.41, 5.74) is 2.16. The Hall–Kier alpha value is -2.38. The minimum Gasteiger partial charge on any atom is -0.322 e. The zero-order valence-electron chi connectivity index (χ0n) is 11.9. The van der Waals surface area contributed by atoms with Crippen LogP contribution in [0.15, 0.2) is 54.1 Å². The van der Waals surface area contributed by atoms with Crippen molar-refractivity contribution in [1.82, 2.24) is 20.2 Å². The molecule has 3 rings (SSSR count). The Morgan fingerprint density at radius 3 is 2.74 bits per heavy atom. The van der Waals surface area contributed by atoms with Gasteiger partial charge in [-0.05, 0) is 29.8 Å². The van der Waals surface area contributed by atoms with Gasteiger partial charge in [-0.3, -0.25) is 9.89 Å². The van der Waals surface area contributed by atoms with Crippen LogP contribution in [0.2, 0.25) is 5.15 Å². The van der Waals surface area contributed by atoms with Gasteiger partial charge in [0.2, 0.25) is 0 Å². The van der Waals surface area contributed by atoms with Crippen LogP contribution in [0.4, 0.5) is 5.69 Å². The first-order valence-corrected chi connectivity index (χ1v) is 8.08. The molecule has 0 saturated carbocycles. The number of hydrogen-bond donors (Lipinski definition) is 2. The number of pyridine rings is 1. The molecule has 0 atom stereocenters. The van der Waals surface area contributed by atoms with Crippen molar-refractivity contribution in [2.45, 2.75) is 10.9 Å². The Kier molecular flexibility index (Phi) is 4.89. The molecule has 8 heteroatoms. The molecule has 0 spiro atoms. The van der Waals surface area contributed by atoms with Gasteiger partial charge in [0.15, 0.2) is 5.16 Å². The number of carbonyl (C=O) groups is 1. The number of aromatic amines is 1. The second-order valence-corrected chi connectivity index (χ2v) is 5.89. The molecule has 0 aliphatic heterocycles. The molecule has 116 valence electrons. The van der Waals surface area contributed by atoms with E-state index in [9.17, 15) is 4.79 Å². The van der Waals surface area contributed by atoms with E-state index < -0.39 is 0 Å². The van der Waals surface area contributed by atoms with Gasteiger partial charge in [-0.1, -0.05) is 35.5 Å². The molecule has 0 unspecified atom stereocenters. The lowest BCUT2D eigenvalue weighted by molar-refractivity contribution is 0.102. The summed E-state index contributed by atoms with van der Waals surface area (Å²) in [6.07, 6.45) is 3.02. The highest BCUT2D eigenvalue weighted by Gasteiger charge is 2.10. The molecular formula is C15H12ClN5OS. The standard InChI is InChI=1S/C15H12ClN5OS/c16-13-12(2-1-7-17-13)14(22)20-11-5-3-10(4-6-11)8-23-15-18-9-19-21-15/h1-7,9H,8H2,(H,20,22)(H,18,19,21). The molecule has 2 aromatic heterocycles. The van der Waals surface area contributed by atoms with Crippen molar-refractivity contribution >= 4 is 35.0 Å². The number of thioether (sulfide) groups is 1. The lowest BCUT2D eigenvalue weighted by Gasteiger charge is -2.07. The SMILES string of the molecule is O=C(Nc1ccc(CSc2ncn[nH]2)cc1)c1cccnc1Cl. The first-order chi connectivity index (χ1) is 11.2. The summed E-state index contributed by atoms with van der Waals surface area (Å²) < 4.78 is 0. The zero-order valence-corrected chi connectivity index (χ0v) is 13.4. The summed E-state index contributed by atoms with van der Waals surface area (Å²) in [4.78, 5) is 20.1. The van der Waals surface area contributed by atoms with Gasteiger partial charge in [-0.2, -0.15) is 5.10 Å². The number of benzene rings is 1. The van der Waals surface area contributed by atoms with E-state index in [0.717, 1.165) is 16.5 Å². The number of H-pyrrole nitrogens is 1. The quantitative estimate of drug-likeness (QED) is 0.547. The smallest absolute Gasteiger partial charge is 0.258 e. The van der Waals surface area contributed by atoms with Crippen LogP contribution in [0.5, 0.6) is 0 Å². The first kappa shape index (κ1) is 15.5. The average Bonchev–Trinajstić information content (AvgIpc) is 3.08. The minimum absolute atomic E-state index is 0.185. The van der Waals surface area contributed by atoms with E-state index in [1.807, 2.05) is 24.3 Å². The van der Waals surface area contributed by atoms with E-state index in [1.165, 1.54) is 6.33 Å². The number of amides is 1. The van der Waals surface area contributed by atoms with Crippen LogP contribution < -0.4 is 5.32 Å². The Bertz CT molecular complexity index is 792. The molecule has 3 aromatic rings. The van der Waals surface area contributed by atoms with Crippen LogP contribution in [0.1, 0.15) is 15.9 Å².